The van der Waals surface area contributed by atoms with Gasteiger partial charge in [0, 0.05) is 31.7 Å². The van der Waals surface area contributed by atoms with Gasteiger partial charge in [0.1, 0.15) is 5.38 Å². The Bertz CT molecular complexity index is 983. The number of carbonyl (C=O) groups is 2. The number of alkyl halides is 1. The van der Waals surface area contributed by atoms with Crippen LogP contribution in [0.15, 0.2) is 78.2 Å². The summed E-state index contributed by atoms with van der Waals surface area (Å²) in [7, 11) is 1.62. The number of methoxy groups -OCH3 is 1. The van der Waals surface area contributed by atoms with Crippen molar-refractivity contribution < 1.29 is 14.3 Å². The van der Waals surface area contributed by atoms with E-state index in [9.17, 15) is 9.59 Å². The van der Waals surface area contributed by atoms with E-state index in [1.54, 1.807) is 28.2 Å². The second kappa shape index (κ2) is 13.1. The van der Waals surface area contributed by atoms with Gasteiger partial charge in [0.2, 0.25) is 11.8 Å². The predicted octanol–water partition coefficient (Wildman–Crippen LogP) is 5.12. The van der Waals surface area contributed by atoms with Crippen LogP contribution in [0.5, 0.6) is 0 Å². The smallest absolute Gasteiger partial charge is 0.245 e. The third kappa shape index (κ3) is 7.70. The van der Waals surface area contributed by atoms with E-state index in [0.717, 1.165) is 10.4 Å². The summed E-state index contributed by atoms with van der Waals surface area (Å²) in [4.78, 5) is 31.1. The Balaban J connectivity index is 1.76. The zero-order chi connectivity index (χ0) is 23.5. The summed E-state index contributed by atoms with van der Waals surface area (Å²) in [5.41, 5.74) is 1.76. The molecule has 0 aliphatic rings. The van der Waals surface area contributed by atoms with Crippen LogP contribution < -0.4 is 0 Å². The molecule has 0 saturated heterocycles. The Morgan fingerprint density at radius 1 is 0.939 bits per heavy atom. The maximum atomic E-state index is 13.4. The molecule has 2 amide bonds. The van der Waals surface area contributed by atoms with Crippen LogP contribution in [0.1, 0.15) is 27.8 Å². The molecule has 1 atom stereocenters. The van der Waals surface area contributed by atoms with E-state index in [0.29, 0.717) is 38.2 Å². The van der Waals surface area contributed by atoms with Crippen LogP contribution in [-0.2, 0) is 27.4 Å². The molecule has 1 unspecified atom stereocenters. The number of benzene rings is 2. The molecule has 174 valence electrons. The van der Waals surface area contributed by atoms with E-state index in [-0.39, 0.29) is 18.4 Å². The molecule has 0 bridgehead atoms. The van der Waals surface area contributed by atoms with Crippen molar-refractivity contribution in [3.63, 3.8) is 0 Å². The third-order valence-corrected chi connectivity index (χ3v) is 6.52. The number of halogens is 1. The number of ether oxygens (including phenoxy) is 1. The first-order valence-corrected chi connectivity index (χ1v) is 12.2. The van der Waals surface area contributed by atoms with Gasteiger partial charge in [0.15, 0.2) is 0 Å². The average molecular weight is 485 g/mol. The summed E-state index contributed by atoms with van der Waals surface area (Å²) in [5, 5.41) is 1.15. The molecule has 0 N–H and O–H groups in total. The normalized spacial score (nSPS) is 11.7. The Kier molecular flexibility index (Phi) is 9.94. The largest absolute Gasteiger partial charge is 0.385 e. The Labute approximate surface area is 204 Å². The standard InChI is InChI=1S/C26H29ClN2O3S/c1-32-16-9-15-28(26(31)25(27)22-12-6-3-7-13-22)20-24(30)29(19-23-14-8-17-33-23)18-21-10-4-2-5-11-21/h2-8,10-14,17,25H,9,15-16,18-20H2,1H3. The third-order valence-electron chi connectivity index (χ3n) is 5.22. The van der Waals surface area contributed by atoms with Gasteiger partial charge in [-0.2, -0.15) is 0 Å². The quantitative estimate of drug-likeness (QED) is 0.265. The molecule has 0 spiro atoms. The van der Waals surface area contributed by atoms with E-state index in [1.807, 2.05) is 78.2 Å². The molecule has 3 aromatic rings. The van der Waals surface area contributed by atoms with Crippen LogP contribution >= 0.6 is 22.9 Å². The molecule has 0 fully saturated rings. The maximum absolute atomic E-state index is 13.4. The number of amides is 2. The van der Waals surface area contributed by atoms with Gasteiger partial charge < -0.3 is 14.5 Å². The molecule has 0 radical (unpaired) electrons. The van der Waals surface area contributed by atoms with Crippen molar-refractivity contribution in [3.8, 4) is 0 Å². The van der Waals surface area contributed by atoms with E-state index in [2.05, 4.69) is 0 Å². The van der Waals surface area contributed by atoms with Crippen molar-refractivity contribution in [1.29, 1.82) is 0 Å². The first-order chi connectivity index (χ1) is 16.1. The minimum atomic E-state index is -0.846. The fraction of sp³-hybridized carbons (Fsp3) is 0.308. The van der Waals surface area contributed by atoms with Crippen molar-refractivity contribution in [2.75, 3.05) is 26.8 Å². The van der Waals surface area contributed by atoms with Crippen molar-refractivity contribution in [2.45, 2.75) is 24.9 Å². The summed E-state index contributed by atoms with van der Waals surface area (Å²) in [6.07, 6.45) is 0.623. The SMILES string of the molecule is COCCCN(CC(=O)N(Cc1ccccc1)Cc1cccs1)C(=O)C(Cl)c1ccccc1. The van der Waals surface area contributed by atoms with E-state index >= 15 is 0 Å². The number of hydrogen-bond donors (Lipinski definition) is 0. The van der Waals surface area contributed by atoms with Gasteiger partial charge in [-0.1, -0.05) is 66.7 Å². The molecule has 0 aliphatic carbocycles. The van der Waals surface area contributed by atoms with E-state index in [4.69, 9.17) is 16.3 Å². The van der Waals surface area contributed by atoms with Crippen LogP contribution in [0.3, 0.4) is 0 Å². The lowest BCUT2D eigenvalue weighted by Crippen LogP contribution is -2.44. The second-order valence-electron chi connectivity index (χ2n) is 7.69. The fourth-order valence-corrected chi connectivity index (χ4v) is 4.48. The van der Waals surface area contributed by atoms with Crippen LogP contribution in [0.25, 0.3) is 0 Å². The van der Waals surface area contributed by atoms with Crippen molar-refractivity contribution in [3.05, 3.63) is 94.2 Å². The topological polar surface area (TPSA) is 49.9 Å². The highest BCUT2D eigenvalue weighted by molar-refractivity contribution is 7.09. The first kappa shape index (κ1) is 25.0. The first-order valence-electron chi connectivity index (χ1n) is 10.9. The van der Waals surface area contributed by atoms with Crippen LogP contribution in [0.2, 0.25) is 0 Å². The molecular formula is C26H29ClN2O3S. The Hall–Kier alpha value is -2.67. The second-order valence-corrected chi connectivity index (χ2v) is 9.16. The number of nitrogens with zero attached hydrogens (tertiary/aromatic N) is 2. The molecule has 3 rings (SSSR count). The Morgan fingerprint density at radius 3 is 2.27 bits per heavy atom. The highest BCUT2D eigenvalue weighted by Gasteiger charge is 2.27. The number of carbonyl (C=O) groups excluding carboxylic acids is 2. The van der Waals surface area contributed by atoms with Gasteiger partial charge in [-0.3, -0.25) is 9.59 Å². The van der Waals surface area contributed by atoms with Gasteiger partial charge in [-0.05, 0) is 29.0 Å². The van der Waals surface area contributed by atoms with E-state index < -0.39 is 5.38 Å². The van der Waals surface area contributed by atoms with Crippen LogP contribution in [0, 0.1) is 0 Å². The molecule has 0 aliphatic heterocycles. The lowest BCUT2D eigenvalue weighted by atomic mass is 10.1. The molecule has 5 nitrogen and oxygen atoms in total. The molecule has 33 heavy (non-hydrogen) atoms. The molecular weight excluding hydrogens is 456 g/mol. The summed E-state index contributed by atoms with van der Waals surface area (Å²) >= 11 is 8.14. The van der Waals surface area contributed by atoms with Crippen LogP contribution in [0.4, 0.5) is 0 Å². The van der Waals surface area contributed by atoms with Crippen LogP contribution in [-0.4, -0.2) is 48.4 Å². The molecule has 0 saturated carbocycles. The minimum absolute atomic E-state index is 0.0309. The zero-order valence-electron chi connectivity index (χ0n) is 18.7. The lowest BCUT2D eigenvalue weighted by molar-refractivity contribution is -0.141. The van der Waals surface area contributed by atoms with Crippen molar-refractivity contribution in [1.82, 2.24) is 9.80 Å². The molecule has 1 heterocycles. The summed E-state index contributed by atoms with van der Waals surface area (Å²) in [6.45, 7) is 1.83. The monoisotopic (exact) mass is 484 g/mol. The zero-order valence-corrected chi connectivity index (χ0v) is 20.3. The molecule has 2 aromatic carbocycles. The average Bonchev–Trinajstić information content (AvgIpc) is 3.36. The van der Waals surface area contributed by atoms with Gasteiger partial charge in [0.25, 0.3) is 0 Å². The summed E-state index contributed by atoms with van der Waals surface area (Å²) in [5.74, 6) is -0.391. The van der Waals surface area contributed by atoms with Crippen molar-refractivity contribution in [2.24, 2.45) is 0 Å². The van der Waals surface area contributed by atoms with Gasteiger partial charge in [-0.15, -0.1) is 22.9 Å². The summed E-state index contributed by atoms with van der Waals surface area (Å²) in [6, 6.07) is 23.1. The van der Waals surface area contributed by atoms with Gasteiger partial charge in [0.05, 0.1) is 13.1 Å². The number of thiophene rings is 1. The predicted molar refractivity (Wildman–Crippen MR) is 133 cm³/mol. The fourth-order valence-electron chi connectivity index (χ4n) is 3.48. The molecule has 7 heteroatoms. The highest BCUT2D eigenvalue weighted by atomic mass is 35.5. The maximum Gasteiger partial charge on any atom is 0.245 e. The number of hydrogen-bond acceptors (Lipinski definition) is 4. The van der Waals surface area contributed by atoms with Gasteiger partial charge >= 0.3 is 0 Å². The van der Waals surface area contributed by atoms with Crippen molar-refractivity contribution >= 4 is 34.8 Å². The summed E-state index contributed by atoms with van der Waals surface area (Å²) < 4.78 is 5.15. The highest BCUT2D eigenvalue weighted by Crippen LogP contribution is 2.23. The Morgan fingerprint density at radius 2 is 1.64 bits per heavy atom. The molecule has 1 aromatic heterocycles. The van der Waals surface area contributed by atoms with Gasteiger partial charge in [-0.25, -0.2) is 0 Å². The lowest BCUT2D eigenvalue weighted by Gasteiger charge is -2.29. The number of rotatable bonds is 12. The van der Waals surface area contributed by atoms with E-state index in [1.165, 1.54) is 0 Å². The minimum Gasteiger partial charge on any atom is -0.385 e.